The molecule has 0 amide bonds. The molecule has 0 spiro atoms. The lowest BCUT2D eigenvalue weighted by Crippen LogP contribution is -2.17. The molecule has 0 fully saturated rings. The van der Waals surface area contributed by atoms with Gasteiger partial charge in [-0.15, -0.1) is 5.10 Å². The van der Waals surface area contributed by atoms with E-state index in [2.05, 4.69) is 36.8 Å². The van der Waals surface area contributed by atoms with Crippen molar-refractivity contribution in [2.75, 3.05) is 32.8 Å². The van der Waals surface area contributed by atoms with Crippen LogP contribution in [0.5, 0.6) is 23.0 Å². The van der Waals surface area contributed by atoms with Crippen LogP contribution in [0.15, 0.2) is 70.3 Å². The van der Waals surface area contributed by atoms with E-state index in [-0.39, 0.29) is 13.4 Å². The van der Waals surface area contributed by atoms with Gasteiger partial charge in [0.05, 0.1) is 17.3 Å². The average molecular weight is 600 g/mol. The zero-order valence-electron chi connectivity index (χ0n) is 20.5. The summed E-state index contributed by atoms with van der Waals surface area (Å²) >= 11 is 5.17. The van der Waals surface area contributed by atoms with E-state index in [0.717, 1.165) is 33.2 Å². The summed E-state index contributed by atoms with van der Waals surface area (Å²) in [5.41, 5.74) is 2.63. The number of para-hydroxylation sites is 1. The Bertz CT molecular complexity index is 1370. The van der Waals surface area contributed by atoms with E-state index in [1.165, 1.54) is 0 Å². The second-order valence-corrected chi connectivity index (χ2v) is 10.2. The smallest absolute Gasteiger partial charge is 0.231 e. The number of rotatable bonds is 12. The Hall–Kier alpha value is -3.32. The molecule has 1 atom stereocenters. The molecule has 10 nitrogen and oxygen atoms in total. The third-order valence-corrected chi connectivity index (χ3v) is 7.25. The molecule has 1 aliphatic rings. The Morgan fingerprint density at radius 1 is 1.13 bits per heavy atom. The summed E-state index contributed by atoms with van der Waals surface area (Å²) in [6, 6.07) is 19.0. The van der Waals surface area contributed by atoms with Gasteiger partial charge >= 0.3 is 0 Å². The Kier molecular flexibility index (Phi) is 8.64. The van der Waals surface area contributed by atoms with Crippen LogP contribution in [0.1, 0.15) is 17.2 Å². The molecule has 12 heteroatoms. The SMILES string of the molecule is COc1cc(CNCCSc2nnnn2-c2ccccc2)cc(Br)c1OCC(O)c1ccc2c(c1)OCO2. The summed E-state index contributed by atoms with van der Waals surface area (Å²) in [7, 11) is 1.59. The molecule has 0 bridgehead atoms. The highest BCUT2D eigenvalue weighted by Crippen LogP contribution is 2.38. The molecule has 5 rings (SSSR count). The molecule has 1 aliphatic heterocycles. The second kappa shape index (κ2) is 12.5. The Morgan fingerprint density at radius 3 is 2.82 bits per heavy atom. The third-order valence-electron chi connectivity index (χ3n) is 5.74. The predicted molar refractivity (Wildman–Crippen MR) is 145 cm³/mol. The van der Waals surface area contributed by atoms with Gasteiger partial charge in [-0.05, 0) is 73.9 Å². The normalized spacial score (nSPS) is 12.9. The van der Waals surface area contributed by atoms with Crippen LogP contribution in [0.2, 0.25) is 0 Å². The Balaban J connectivity index is 1.12. The first-order valence-corrected chi connectivity index (χ1v) is 13.6. The molecular weight excluding hydrogens is 574 g/mol. The molecule has 0 saturated carbocycles. The number of nitrogens with one attached hydrogen (secondary N) is 1. The molecule has 38 heavy (non-hydrogen) atoms. The molecule has 0 aliphatic carbocycles. The van der Waals surface area contributed by atoms with Crippen LogP contribution in [0, 0.1) is 0 Å². The van der Waals surface area contributed by atoms with Crippen molar-refractivity contribution in [1.29, 1.82) is 0 Å². The highest BCUT2D eigenvalue weighted by molar-refractivity contribution is 9.10. The number of benzene rings is 3. The van der Waals surface area contributed by atoms with Crippen LogP contribution in [-0.4, -0.2) is 58.1 Å². The molecule has 0 saturated heterocycles. The minimum Gasteiger partial charge on any atom is -0.493 e. The minimum atomic E-state index is -0.845. The molecule has 4 aromatic rings. The van der Waals surface area contributed by atoms with Crippen molar-refractivity contribution < 1.29 is 24.1 Å². The summed E-state index contributed by atoms with van der Waals surface area (Å²) in [6.07, 6.45) is -0.845. The van der Waals surface area contributed by atoms with Crippen molar-refractivity contribution in [1.82, 2.24) is 25.5 Å². The summed E-state index contributed by atoms with van der Waals surface area (Å²) in [5, 5.41) is 26.8. The number of thioether (sulfide) groups is 1. The fraction of sp³-hybridized carbons (Fsp3) is 0.269. The van der Waals surface area contributed by atoms with Crippen LogP contribution >= 0.6 is 27.7 Å². The number of aliphatic hydroxyl groups excluding tert-OH is 1. The molecule has 0 radical (unpaired) electrons. The number of aromatic nitrogens is 4. The van der Waals surface area contributed by atoms with E-state index >= 15 is 0 Å². The van der Waals surface area contributed by atoms with Gasteiger partial charge in [0.1, 0.15) is 12.7 Å². The number of ether oxygens (including phenoxy) is 4. The number of hydrogen-bond donors (Lipinski definition) is 2. The van der Waals surface area contributed by atoms with Crippen molar-refractivity contribution in [2.45, 2.75) is 17.8 Å². The fourth-order valence-electron chi connectivity index (χ4n) is 3.84. The largest absolute Gasteiger partial charge is 0.493 e. The minimum absolute atomic E-state index is 0.0475. The lowest BCUT2D eigenvalue weighted by Gasteiger charge is -2.17. The summed E-state index contributed by atoms with van der Waals surface area (Å²) < 4.78 is 24.7. The van der Waals surface area contributed by atoms with Gasteiger partial charge < -0.3 is 29.4 Å². The second-order valence-electron chi connectivity index (χ2n) is 8.28. The van der Waals surface area contributed by atoms with Crippen molar-refractivity contribution >= 4 is 27.7 Å². The maximum absolute atomic E-state index is 10.6. The predicted octanol–water partition coefficient (Wildman–Crippen LogP) is 4.16. The number of fused-ring (bicyclic) bond motifs is 1. The monoisotopic (exact) mass is 599 g/mol. The van der Waals surface area contributed by atoms with Crippen LogP contribution in [0.25, 0.3) is 5.69 Å². The zero-order chi connectivity index (χ0) is 26.3. The molecule has 2 heterocycles. The lowest BCUT2D eigenvalue weighted by atomic mass is 10.1. The van der Waals surface area contributed by atoms with E-state index in [9.17, 15) is 5.11 Å². The van der Waals surface area contributed by atoms with Gasteiger partial charge in [-0.1, -0.05) is 36.0 Å². The summed E-state index contributed by atoms with van der Waals surface area (Å²) in [5.74, 6) is 3.18. The Morgan fingerprint density at radius 2 is 1.97 bits per heavy atom. The number of aliphatic hydroxyl groups is 1. The van der Waals surface area contributed by atoms with Crippen LogP contribution in [-0.2, 0) is 6.54 Å². The van der Waals surface area contributed by atoms with E-state index in [1.807, 2.05) is 42.5 Å². The van der Waals surface area contributed by atoms with Crippen molar-refractivity contribution in [3.8, 4) is 28.7 Å². The molecule has 1 unspecified atom stereocenters. The number of hydrogen-bond acceptors (Lipinski definition) is 10. The Labute approximate surface area is 232 Å². The van der Waals surface area contributed by atoms with Crippen molar-refractivity contribution in [3.63, 3.8) is 0 Å². The number of nitrogens with zero attached hydrogens (tertiary/aromatic N) is 4. The standard InChI is InChI=1S/C26H26BrN5O5S/c1-34-24-12-17(14-28-9-10-38-26-29-30-31-32(26)19-5-3-2-4-6-19)11-20(27)25(24)35-15-21(33)18-7-8-22-23(13-18)37-16-36-22/h2-8,11-13,21,28,33H,9-10,14-16H2,1H3. The number of methoxy groups -OCH3 is 1. The van der Waals surface area contributed by atoms with Gasteiger partial charge in [0.25, 0.3) is 0 Å². The fourth-order valence-corrected chi connectivity index (χ4v) is 5.23. The highest BCUT2D eigenvalue weighted by atomic mass is 79.9. The topological polar surface area (TPSA) is 113 Å². The lowest BCUT2D eigenvalue weighted by molar-refractivity contribution is 0.105. The van der Waals surface area contributed by atoms with Gasteiger partial charge in [0, 0.05) is 18.8 Å². The van der Waals surface area contributed by atoms with E-state index in [0.29, 0.717) is 35.1 Å². The molecule has 198 valence electrons. The van der Waals surface area contributed by atoms with Gasteiger partial charge in [-0.3, -0.25) is 0 Å². The van der Waals surface area contributed by atoms with E-state index in [1.54, 1.807) is 41.8 Å². The third kappa shape index (κ3) is 6.21. The quantitative estimate of drug-likeness (QED) is 0.182. The van der Waals surface area contributed by atoms with Gasteiger partial charge in [-0.2, -0.15) is 4.68 Å². The maximum atomic E-state index is 10.6. The summed E-state index contributed by atoms with van der Waals surface area (Å²) in [4.78, 5) is 0. The number of tetrazole rings is 1. The first-order chi connectivity index (χ1) is 18.6. The first-order valence-electron chi connectivity index (χ1n) is 11.9. The van der Waals surface area contributed by atoms with Crippen LogP contribution in [0.4, 0.5) is 0 Å². The van der Waals surface area contributed by atoms with Crippen molar-refractivity contribution in [3.05, 3.63) is 76.3 Å². The average Bonchev–Trinajstić information content (AvgIpc) is 3.61. The zero-order valence-corrected chi connectivity index (χ0v) is 22.9. The molecule has 1 aromatic heterocycles. The first kappa shape index (κ1) is 26.3. The summed E-state index contributed by atoms with van der Waals surface area (Å²) in [6.45, 7) is 1.63. The van der Waals surface area contributed by atoms with E-state index in [4.69, 9.17) is 18.9 Å². The molecule has 3 aromatic carbocycles. The highest BCUT2D eigenvalue weighted by Gasteiger charge is 2.19. The van der Waals surface area contributed by atoms with Gasteiger partial charge in [-0.25, -0.2) is 0 Å². The van der Waals surface area contributed by atoms with Gasteiger partial charge in [0.2, 0.25) is 11.9 Å². The molecule has 2 N–H and O–H groups in total. The van der Waals surface area contributed by atoms with E-state index < -0.39 is 6.10 Å². The van der Waals surface area contributed by atoms with Crippen molar-refractivity contribution in [2.24, 2.45) is 0 Å². The van der Waals surface area contributed by atoms with Gasteiger partial charge in [0.15, 0.2) is 23.0 Å². The van der Waals surface area contributed by atoms with Crippen LogP contribution < -0.4 is 24.3 Å². The van der Waals surface area contributed by atoms with Crippen LogP contribution in [0.3, 0.4) is 0 Å². The maximum Gasteiger partial charge on any atom is 0.231 e. The molecular formula is C26H26BrN5O5S. The number of halogens is 1.